The van der Waals surface area contributed by atoms with Crippen LogP contribution in [-0.2, 0) is 28.6 Å². The Balaban J connectivity index is 4.30. The lowest BCUT2D eigenvalue weighted by atomic mass is 10.0. The van der Waals surface area contributed by atoms with E-state index in [-0.39, 0.29) is 31.1 Å². The molecule has 71 heavy (non-hydrogen) atoms. The molecule has 0 aliphatic heterocycles. The van der Waals surface area contributed by atoms with E-state index in [0.29, 0.717) is 19.3 Å². The van der Waals surface area contributed by atoms with Crippen LogP contribution >= 0.6 is 0 Å². The minimum absolute atomic E-state index is 0.0773. The van der Waals surface area contributed by atoms with Crippen molar-refractivity contribution >= 4 is 17.9 Å². The largest absolute Gasteiger partial charge is 0.462 e. The third-order valence-corrected chi connectivity index (χ3v) is 13.8. The molecule has 0 spiro atoms. The molecule has 0 fully saturated rings. The predicted octanol–water partition coefficient (Wildman–Crippen LogP) is 21.0. The Morgan fingerprint density at radius 1 is 0.282 bits per heavy atom. The first-order valence-corrected chi connectivity index (χ1v) is 31.1. The van der Waals surface area contributed by atoms with E-state index in [2.05, 4.69) is 69.4 Å². The maximum absolute atomic E-state index is 12.9. The van der Waals surface area contributed by atoms with Crippen molar-refractivity contribution in [1.82, 2.24) is 0 Å². The molecule has 0 aliphatic rings. The summed E-state index contributed by atoms with van der Waals surface area (Å²) in [5, 5.41) is 0. The lowest BCUT2D eigenvalue weighted by Crippen LogP contribution is -2.30. The van der Waals surface area contributed by atoms with Crippen LogP contribution < -0.4 is 0 Å². The number of carbonyl (C=O) groups is 3. The van der Waals surface area contributed by atoms with Gasteiger partial charge in [0, 0.05) is 19.3 Å². The van der Waals surface area contributed by atoms with E-state index in [1.165, 1.54) is 212 Å². The van der Waals surface area contributed by atoms with Gasteiger partial charge in [-0.05, 0) is 103 Å². The van der Waals surface area contributed by atoms with Gasteiger partial charge in [0.1, 0.15) is 13.2 Å². The predicted molar refractivity (Wildman–Crippen MR) is 307 cm³/mol. The fourth-order valence-electron chi connectivity index (χ4n) is 9.05. The number of ether oxygens (including phenoxy) is 3. The lowest BCUT2D eigenvalue weighted by molar-refractivity contribution is -0.167. The molecule has 6 nitrogen and oxygen atoms in total. The summed E-state index contributed by atoms with van der Waals surface area (Å²) in [5.41, 5.74) is 0. The summed E-state index contributed by atoms with van der Waals surface area (Å²) in [5.74, 6) is -0.879. The van der Waals surface area contributed by atoms with Crippen molar-refractivity contribution in [2.24, 2.45) is 0 Å². The maximum Gasteiger partial charge on any atom is 0.306 e. The van der Waals surface area contributed by atoms with E-state index in [4.69, 9.17) is 14.2 Å². The second kappa shape index (κ2) is 59.9. The van der Waals surface area contributed by atoms with Crippen molar-refractivity contribution in [3.05, 3.63) is 48.6 Å². The highest BCUT2D eigenvalue weighted by Gasteiger charge is 2.19. The minimum atomic E-state index is -0.780. The normalized spacial score (nSPS) is 12.3. The molecule has 1 atom stereocenters. The monoisotopic (exact) mass is 995 g/mol. The van der Waals surface area contributed by atoms with E-state index in [0.717, 1.165) is 77.0 Å². The van der Waals surface area contributed by atoms with Crippen LogP contribution in [0.15, 0.2) is 48.6 Å². The van der Waals surface area contributed by atoms with Crippen LogP contribution in [0, 0.1) is 0 Å². The molecule has 0 N–H and O–H groups in total. The number of allylic oxidation sites excluding steroid dienone is 8. The molecular formula is C65H118O6. The van der Waals surface area contributed by atoms with Crippen LogP contribution in [0.25, 0.3) is 0 Å². The standard InChI is InChI=1S/C65H118O6/c1-4-7-10-13-16-19-22-25-27-29-30-31-32-33-34-36-37-40-43-46-49-52-55-58-64(67)70-61-62(60-69-63(66)57-54-51-48-45-42-39-24-21-18-15-12-9-6-3)71-65(68)59-56-53-50-47-44-41-38-35-28-26-23-20-17-14-11-8-5-2/h17,20-21,24,26,28-30,62H,4-16,18-19,22-23,25,27,31-61H2,1-3H3/b20-17-,24-21-,28-26-,30-29-. The molecule has 1 unspecified atom stereocenters. The fraction of sp³-hybridized carbons (Fsp3) is 0.831. The number of hydrogen-bond donors (Lipinski definition) is 0. The van der Waals surface area contributed by atoms with Crippen LogP contribution in [0.1, 0.15) is 329 Å². The van der Waals surface area contributed by atoms with E-state index >= 15 is 0 Å². The van der Waals surface area contributed by atoms with E-state index < -0.39 is 6.10 Å². The average Bonchev–Trinajstić information content (AvgIpc) is 3.37. The number of carbonyl (C=O) groups excluding carboxylic acids is 3. The van der Waals surface area contributed by atoms with Gasteiger partial charge in [0.25, 0.3) is 0 Å². The van der Waals surface area contributed by atoms with Gasteiger partial charge in [0.05, 0.1) is 0 Å². The summed E-state index contributed by atoms with van der Waals surface area (Å²) in [4.78, 5) is 38.2. The van der Waals surface area contributed by atoms with Gasteiger partial charge >= 0.3 is 17.9 Å². The van der Waals surface area contributed by atoms with Crippen molar-refractivity contribution < 1.29 is 28.6 Å². The van der Waals surface area contributed by atoms with Crippen LogP contribution in [0.5, 0.6) is 0 Å². The summed E-state index contributed by atoms with van der Waals surface area (Å²) in [7, 11) is 0. The zero-order chi connectivity index (χ0) is 51.4. The SMILES string of the molecule is CCCCC/C=C\C/C=C\CCCCCCCCCC(=O)OC(COC(=O)CCCCCCC/C=C\CCCCCC)COC(=O)CCCCCCCCCCCCC/C=C\CCCCCCCCCC. The smallest absolute Gasteiger partial charge is 0.306 e. The van der Waals surface area contributed by atoms with Gasteiger partial charge in [-0.15, -0.1) is 0 Å². The molecule has 0 aromatic heterocycles. The zero-order valence-electron chi connectivity index (χ0n) is 47.5. The Hall–Kier alpha value is -2.63. The summed E-state index contributed by atoms with van der Waals surface area (Å²) in [6, 6.07) is 0. The Labute approximate surface area is 441 Å². The molecule has 0 saturated carbocycles. The molecule has 0 rings (SSSR count). The maximum atomic E-state index is 12.9. The molecule has 0 radical (unpaired) electrons. The highest BCUT2D eigenvalue weighted by Crippen LogP contribution is 2.16. The molecule has 0 aromatic carbocycles. The Morgan fingerprint density at radius 2 is 0.507 bits per heavy atom. The van der Waals surface area contributed by atoms with Crippen molar-refractivity contribution in [3.8, 4) is 0 Å². The first-order chi connectivity index (χ1) is 35.0. The van der Waals surface area contributed by atoms with Crippen LogP contribution in [0.4, 0.5) is 0 Å². The quantitative estimate of drug-likeness (QED) is 0.0261. The van der Waals surface area contributed by atoms with Gasteiger partial charge in [0.15, 0.2) is 6.10 Å². The van der Waals surface area contributed by atoms with Crippen molar-refractivity contribution in [2.75, 3.05) is 13.2 Å². The average molecular weight is 996 g/mol. The molecule has 0 saturated heterocycles. The Bertz CT molecular complexity index is 1230. The Kier molecular flexibility index (Phi) is 57.7. The number of esters is 3. The van der Waals surface area contributed by atoms with Crippen molar-refractivity contribution in [1.29, 1.82) is 0 Å². The molecule has 0 bridgehead atoms. The van der Waals surface area contributed by atoms with Crippen LogP contribution in [0.2, 0.25) is 0 Å². The van der Waals surface area contributed by atoms with Crippen LogP contribution in [0.3, 0.4) is 0 Å². The van der Waals surface area contributed by atoms with Gasteiger partial charge in [-0.2, -0.15) is 0 Å². The summed E-state index contributed by atoms with van der Waals surface area (Å²) < 4.78 is 16.9. The number of rotatable bonds is 57. The van der Waals surface area contributed by atoms with E-state index in [1.807, 2.05) is 0 Å². The second-order valence-electron chi connectivity index (χ2n) is 21.0. The lowest BCUT2D eigenvalue weighted by Gasteiger charge is -2.18. The summed E-state index contributed by atoms with van der Waals surface area (Å²) in [6.45, 7) is 6.63. The third kappa shape index (κ3) is 58.1. The van der Waals surface area contributed by atoms with Gasteiger partial charge in [0.2, 0.25) is 0 Å². The highest BCUT2D eigenvalue weighted by atomic mass is 16.6. The zero-order valence-corrected chi connectivity index (χ0v) is 47.5. The first kappa shape index (κ1) is 68.4. The number of unbranched alkanes of at least 4 members (excludes halogenated alkanes) is 38. The number of hydrogen-bond acceptors (Lipinski definition) is 6. The summed E-state index contributed by atoms with van der Waals surface area (Å²) in [6.07, 6.45) is 74.0. The van der Waals surface area contributed by atoms with Crippen molar-refractivity contribution in [2.45, 2.75) is 335 Å². The van der Waals surface area contributed by atoms with Gasteiger partial charge in [-0.25, -0.2) is 0 Å². The molecule has 0 aromatic rings. The van der Waals surface area contributed by atoms with Gasteiger partial charge in [-0.1, -0.05) is 256 Å². The minimum Gasteiger partial charge on any atom is -0.462 e. The fourth-order valence-corrected chi connectivity index (χ4v) is 9.05. The molecule has 414 valence electrons. The highest BCUT2D eigenvalue weighted by molar-refractivity contribution is 5.71. The van der Waals surface area contributed by atoms with Crippen molar-refractivity contribution in [3.63, 3.8) is 0 Å². The second-order valence-corrected chi connectivity index (χ2v) is 21.0. The molecule has 0 heterocycles. The van der Waals surface area contributed by atoms with E-state index in [9.17, 15) is 14.4 Å². The molecule has 0 amide bonds. The third-order valence-electron chi connectivity index (χ3n) is 13.8. The van der Waals surface area contributed by atoms with Gasteiger partial charge < -0.3 is 14.2 Å². The molecule has 6 heteroatoms. The first-order valence-electron chi connectivity index (χ1n) is 31.1. The molecule has 0 aliphatic carbocycles. The van der Waals surface area contributed by atoms with Gasteiger partial charge in [-0.3, -0.25) is 14.4 Å². The van der Waals surface area contributed by atoms with Crippen LogP contribution in [-0.4, -0.2) is 37.2 Å². The topological polar surface area (TPSA) is 78.9 Å². The Morgan fingerprint density at radius 3 is 0.831 bits per heavy atom. The summed E-state index contributed by atoms with van der Waals surface area (Å²) >= 11 is 0. The molecular weight excluding hydrogens is 877 g/mol. The van der Waals surface area contributed by atoms with E-state index in [1.54, 1.807) is 0 Å².